The number of benzene rings is 2. The maximum Gasteiger partial charge on any atom is 0.319 e. The number of hydrogen-bond donors (Lipinski definition) is 2. The molecule has 2 N–H and O–H groups in total. The van der Waals surface area contributed by atoms with E-state index in [0.29, 0.717) is 5.69 Å². The Morgan fingerprint density at radius 2 is 1.93 bits per heavy atom. The van der Waals surface area contributed by atoms with E-state index in [2.05, 4.69) is 10.6 Å². The van der Waals surface area contributed by atoms with Crippen LogP contribution in [-0.2, 0) is 7.05 Å². The number of urea groups is 1. The van der Waals surface area contributed by atoms with Gasteiger partial charge < -0.3 is 15.2 Å². The average Bonchev–Trinajstić information content (AvgIpc) is 3.13. The van der Waals surface area contributed by atoms with Crippen molar-refractivity contribution in [3.8, 4) is 0 Å². The third-order valence-electron chi connectivity index (χ3n) is 5.50. The zero-order valence-electron chi connectivity index (χ0n) is 15.6. The smallest absolute Gasteiger partial charge is 0.319 e. The molecule has 0 unspecified atom stereocenters. The van der Waals surface area contributed by atoms with Crippen LogP contribution in [0.1, 0.15) is 30.7 Å². The van der Waals surface area contributed by atoms with Gasteiger partial charge in [0, 0.05) is 24.5 Å². The third-order valence-corrected chi connectivity index (χ3v) is 5.50. The summed E-state index contributed by atoms with van der Waals surface area (Å²) in [6.07, 6.45) is 2.57. The van der Waals surface area contributed by atoms with E-state index in [4.69, 9.17) is 0 Å². The quantitative estimate of drug-likeness (QED) is 0.719. The Balaban J connectivity index is 1.44. The van der Waals surface area contributed by atoms with Crippen LogP contribution in [-0.4, -0.2) is 16.6 Å². The molecule has 1 aromatic heterocycles. The van der Waals surface area contributed by atoms with Crippen molar-refractivity contribution in [1.82, 2.24) is 9.88 Å². The Labute approximate surface area is 162 Å². The molecule has 0 saturated heterocycles. The Bertz CT molecular complexity index is 1090. The summed E-state index contributed by atoms with van der Waals surface area (Å²) in [4.78, 5) is 24.3. The summed E-state index contributed by atoms with van der Waals surface area (Å²) < 4.78 is 15.0. The normalized spacial score (nSPS) is 18.9. The Morgan fingerprint density at radius 1 is 1.11 bits per heavy atom. The van der Waals surface area contributed by atoms with Crippen molar-refractivity contribution in [3.63, 3.8) is 0 Å². The maximum absolute atomic E-state index is 13.5. The summed E-state index contributed by atoms with van der Waals surface area (Å²) in [5, 5.41) is 6.73. The highest BCUT2D eigenvalue weighted by Gasteiger charge is 2.27. The fourth-order valence-electron chi connectivity index (χ4n) is 4.03. The molecule has 0 aliphatic heterocycles. The molecule has 0 spiro atoms. The number of carbonyl (C=O) groups excluding carboxylic acids is 1. The maximum atomic E-state index is 13.5. The second-order valence-corrected chi connectivity index (χ2v) is 7.33. The van der Waals surface area contributed by atoms with E-state index in [0.717, 1.165) is 35.7 Å². The largest absolute Gasteiger partial charge is 0.335 e. The Hall–Kier alpha value is -3.15. The van der Waals surface area contributed by atoms with Gasteiger partial charge in [0.1, 0.15) is 5.82 Å². The van der Waals surface area contributed by atoms with Gasteiger partial charge in [0.15, 0.2) is 0 Å². The molecule has 3 aromatic rings. The minimum Gasteiger partial charge on any atom is -0.335 e. The first-order chi connectivity index (χ1) is 13.5. The molecular formula is C22H22FN3O2. The van der Waals surface area contributed by atoms with Gasteiger partial charge in [-0.3, -0.25) is 4.79 Å². The standard InChI is InChI=1S/C22H22FN3O2/c1-26-20-7-3-6-19(18(20)10-11-21(26)27)25-22(28)24-17-9-8-15(13-17)14-4-2-5-16(23)12-14/h2-7,10-12,15,17H,8-9,13H2,1H3,(H2,24,25,28)/t15-,17+/m1/s1. The summed E-state index contributed by atoms with van der Waals surface area (Å²) in [5.74, 6) is 0.0325. The number of aryl methyl sites for hydroxylation is 1. The summed E-state index contributed by atoms with van der Waals surface area (Å²) in [6, 6.07) is 15.2. The van der Waals surface area contributed by atoms with Crippen molar-refractivity contribution in [2.45, 2.75) is 31.2 Å². The first kappa shape index (κ1) is 18.2. The predicted molar refractivity (Wildman–Crippen MR) is 108 cm³/mol. The minimum absolute atomic E-state index is 0.0487. The van der Waals surface area contributed by atoms with Crippen LogP contribution >= 0.6 is 0 Å². The molecule has 1 fully saturated rings. The zero-order chi connectivity index (χ0) is 19.7. The summed E-state index contributed by atoms with van der Waals surface area (Å²) in [6.45, 7) is 0. The predicted octanol–water partition coefficient (Wildman–Crippen LogP) is 4.14. The number of aromatic nitrogens is 1. The monoisotopic (exact) mass is 379 g/mol. The minimum atomic E-state index is -0.272. The van der Waals surface area contributed by atoms with Crippen molar-refractivity contribution >= 4 is 22.6 Å². The number of pyridine rings is 1. The second kappa shape index (κ2) is 7.46. The highest BCUT2D eigenvalue weighted by molar-refractivity contribution is 6.00. The van der Waals surface area contributed by atoms with E-state index in [9.17, 15) is 14.0 Å². The number of anilines is 1. The fraction of sp³-hybridized carbons (Fsp3) is 0.273. The molecule has 2 aromatic carbocycles. The highest BCUT2D eigenvalue weighted by Crippen LogP contribution is 2.34. The first-order valence-electron chi connectivity index (χ1n) is 9.43. The number of fused-ring (bicyclic) bond motifs is 1. The number of hydrogen-bond acceptors (Lipinski definition) is 2. The number of halogens is 1. The van der Waals surface area contributed by atoms with Crippen LogP contribution in [0.3, 0.4) is 0 Å². The van der Waals surface area contributed by atoms with Gasteiger partial charge in [-0.2, -0.15) is 0 Å². The number of nitrogens with zero attached hydrogens (tertiary/aromatic N) is 1. The van der Waals surface area contributed by atoms with Gasteiger partial charge in [0.05, 0.1) is 11.2 Å². The number of carbonyl (C=O) groups is 1. The fourth-order valence-corrected chi connectivity index (χ4v) is 4.03. The third kappa shape index (κ3) is 3.63. The lowest BCUT2D eigenvalue weighted by molar-refractivity contribution is 0.248. The highest BCUT2D eigenvalue weighted by atomic mass is 19.1. The molecule has 4 rings (SSSR count). The number of amides is 2. The molecule has 0 radical (unpaired) electrons. The van der Waals surface area contributed by atoms with E-state index >= 15 is 0 Å². The van der Waals surface area contributed by atoms with Crippen LogP contribution < -0.4 is 16.2 Å². The van der Waals surface area contributed by atoms with Gasteiger partial charge in [0.2, 0.25) is 0 Å². The molecule has 1 aliphatic rings. The van der Waals surface area contributed by atoms with Gasteiger partial charge in [0.25, 0.3) is 5.56 Å². The van der Waals surface area contributed by atoms with Gasteiger partial charge in [-0.15, -0.1) is 0 Å². The lowest BCUT2D eigenvalue weighted by atomic mass is 9.97. The molecule has 2 atom stereocenters. The van der Waals surface area contributed by atoms with Crippen molar-refractivity contribution in [2.75, 3.05) is 5.32 Å². The van der Waals surface area contributed by atoms with E-state index in [-0.39, 0.29) is 29.4 Å². The van der Waals surface area contributed by atoms with Gasteiger partial charge in [-0.1, -0.05) is 18.2 Å². The summed E-state index contributed by atoms with van der Waals surface area (Å²) in [5.41, 5.74) is 2.31. The molecular weight excluding hydrogens is 357 g/mol. The lowest BCUT2D eigenvalue weighted by Gasteiger charge is -2.16. The van der Waals surface area contributed by atoms with Crippen LogP contribution in [0, 0.1) is 5.82 Å². The molecule has 5 nitrogen and oxygen atoms in total. The molecule has 1 heterocycles. The zero-order valence-corrected chi connectivity index (χ0v) is 15.6. The SMILES string of the molecule is Cn1c(=O)ccc2c(NC(=O)N[C@H]3CC[C@@H](c4cccc(F)c4)C3)cccc21. The average molecular weight is 379 g/mol. The van der Waals surface area contributed by atoms with Crippen molar-refractivity contribution < 1.29 is 9.18 Å². The van der Waals surface area contributed by atoms with Crippen molar-refractivity contribution in [3.05, 3.63) is 76.3 Å². The van der Waals surface area contributed by atoms with Crippen LogP contribution in [0.25, 0.3) is 10.9 Å². The molecule has 0 bridgehead atoms. The van der Waals surface area contributed by atoms with E-state index in [1.165, 1.54) is 12.1 Å². The van der Waals surface area contributed by atoms with Gasteiger partial charge >= 0.3 is 6.03 Å². The Kier molecular flexibility index (Phi) is 4.86. The van der Waals surface area contributed by atoms with Crippen molar-refractivity contribution in [2.24, 2.45) is 7.05 Å². The molecule has 1 aliphatic carbocycles. The molecule has 1 saturated carbocycles. The second-order valence-electron chi connectivity index (χ2n) is 7.33. The van der Waals surface area contributed by atoms with Crippen LogP contribution in [0.5, 0.6) is 0 Å². The number of nitrogens with one attached hydrogen (secondary N) is 2. The van der Waals surface area contributed by atoms with E-state index < -0.39 is 0 Å². The van der Waals surface area contributed by atoms with Crippen LogP contribution in [0.2, 0.25) is 0 Å². The molecule has 6 heteroatoms. The van der Waals surface area contributed by atoms with Gasteiger partial charge in [-0.05, 0) is 61.1 Å². The Morgan fingerprint density at radius 3 is 2.75 bits per heavy atom. The number of rotatable bonds is 3. The van der Waals surface area contributed by atoms with Gasteiger partial charge in [-0.25, -0.2) is 9.18 Å². The lowest BCUT2D eigenvalue weighted by Crippen LogP contribution is -2.36. The van der Waals surface area contributed by atoms with Crippen LogP contribution in [0.4, 0.5) is 14.9 Å². The molecule has 28 heavy (non-hydrogen) atoms. The summed E-state index contributed by atoms with van der Waals surface area (Å²) in [7, 11) is 1.71. The molecule has 2 amide bonds. The molecule has 144 valence electrons. The first-order valence-corrected chi connectivity index (χ1v) is 9.43. The van der Waals surface area contributed by atoms with E-state index in [1.807, 2.05) is 24.3 Å². The van der Waals surface area contributed by atoms with Crippen molar-refractivity contribution in [1.29, 1.82) is 0 Å². The summed E-state index contributed by atoms with van der Waals surface area (Å²) >= 11 is 0. The van der Waals surface area contributed by atoms with E-state index in [1.54, 1.807) is 29.8 Å². The topological polar surface area (TPSA) is 63.1 Å². The van der Waals surface area contributed by atoms with Crippen LogP contribution in [0.15, 0.2) is 59.4 Å².